The predicted octanol–water partition coefficient (Wildman–Crippen LogP) is 3.16. The Morgan fingerprint density at radius 2 is 2.00 bits per heavy atom. The van der Waals surface area contributed by atoms with Crippen molar-refractivity contribution in [3.8, 4) is 5.75 Å². The van der Waals surface area contributed by atoms with E-state index in [4.69, 9.17) is 9.47 Å². The molecule has 0 amide bonds. The highest BCUT2D eigenvalue weighted by atomic mass is 16.5. The molecule has 0 aromatic heterocycles. The average molecular weight is 251 g/mol. The lowest BCUT2D eigenvalue weighted by Gasteiger charge is -2.17. The topological polar surface area (TPSA) is 30.5 Å². The molecule has 0 heterocycles. The van der Waals surface area contributed by atoms with Crippen molar-refractivity contribution in [2.75, 3.05) is 26.9 Å². The number of rotatable bonds is 9. The molecular formula is C15H25NO2. The molecule has 0 bridgehead atoms. The Labute approximate surface area is 110 Å². The molecule has 1 rings (SSSR count). The first-order valence-corrected chi connectivity index (χ1v) is 6.73. The predicted molar refractivity (Wildman–Crippen MR) is 75.1 cm³/mol. The summed E-state index contributed by atoms with van der Waals surface area (Å²) < 4.78 is 10.7. The Morgan fingerprint density at radius 3 is 2.72 bits per heavy atom. The second kappa shape index (κ2) is 8.95. The lowest BCUT2D eigenvalue weighted by Crippen LogP contribution is -2.20. The van der Waals surface area contributed by atoms with Crippen molar-refractivity contribution in [1.82, 2.24) is 5.32 Å². The van der Waals surface area contributed by atoms with Gasteiger partial charge in [-0.05, 0) is 39.3 Å². The van der Waals surface area contributed by atoms with Gasteiger partial charge in [0.05, 0.1) is 6.61 Å². The minimum Gasteiger partial charge on any atom is -0.494 e. The summed E-state index contributed by atoms with van der Waals surface area (Å²) in [6.45, 7) is 6.74. The summed E-state index contributed by atoms with van der Waals surface area (Å²) in [6.07, 6.45) is 2.23. The van der Waals surface area contributed by atoms with Crippen LogP contribution in [0.4, 0.5) is 0 Å². The third-order valence-corrected chi connectivity index (χ3v) is 2.91. The minimum atomic E-state index is 0.315. The molecule has 0 radical (unpaired) electrons. The molecular weight excluding hydrogens is 226 g/mol. The number of benzene rings is 1. The summed E-state index contributed by atoms with van der Waals surface area (Å²) in [5.41, 5.74) is 1.23. The molecule has 0 fully saturated rings. The van der Waals surface area contributed by atoms with Gasteiger partial charge in [0.25, 0.3) is 0 Å². The summed E-state index contributed by atoms with van der Waals surface area (Å²) in [5.74, 6) is 0.983. The third-order valence-electron chi connectivity index (χ3n) is 2.91. The van der Waals surface area contributed by atoms with Crippen LogP contribution < -0.4 is 10.1 Å². The van der Waals surface area contributed by atoms with E-state index in [0.717, 1.165) is 31.7 Å². The summed E-state index contributed by atoms with van der Waals surface area (Å²) in [7, 11) is 1.74. The molecule has 3 nitrogen and oxygen atoms in total. The molecule has 0 saturated heterocycles. The quantitative estimate of drug-likeness (QED) is 0.684. The first-order valence-electron chi connectivity index (χ1n) is 6.73. The highest BCUT2D eigenvalue weighted by Crippen LogP contribution is 2.24. The van der Waals surface area contributed by atoms with Gasteiger partial charge in [-0.25, -0.2) is 0 Å². The number of hydrogen-bond donors (Lipinski definition) is 1. The second-order valence-electron chi connectivity index (χ2n) is 4.35. The monoisotopic (exact) mass is 251 g/mol. The second-order valence-corrected chi connectivity index (χ2v) is 4.35. The maximum atomic E-state index is 5.64. The van der Waals surface area contributed by atoms with Gasteiger partial charge >= 0.3 is 0 Å². The summed E-state index contributed by atoms with van der Waals surface area (Å²) in [5, 5.41) is 3.52. The molecule has 0 aliphatic heterocycles. The van der Waals surface area contributed by atoms with Gasteiger partial charge in [-0.1, -0.05) is 18.2 Å². The number of para-hydroxylation sites is 1. The van der Waals surface area contributed by atoms with Crippen molar-refractivity contribution in [2.45, 2.75) is 32.7 Å². The summed E-state index contributed by atoms with van der Waals surface area (Å²) >= 11 is 0. The van der Waals surface area contributed by atoms with Crippen LogP contribution in [0.5, 0.6) is 5.75 Å². The van der Waals surface area contributed by atoms with Crippen molar-refractivity contribution < 1.29 is 9.47 Å². The first-order chi connectivity index (χ1) is 8.79. The lowest BCUT2D eigenvalue weighted by molar-refractivity contribution is 0.192. The fraction of sp³-hybridized carbons (Fsp3) is 0.600. The molecule has 1 atom stereocenters. The zero-order valence-electron chi connectivity index (χ0n) is 11.7. The molecule has 0 aliphatic rings. The molecule has 1 aromatic carbocycles. The van der Waals surface area contributed by atoms with Gasteiger partial charge in [0.1, 0.15) is 5.75 Å². The van der Waals surface area contributed by atoms with Crippen LogP contribution >= 0.6 is 0 Å². The van der Waals surface area contributed by atoms with Crippen molar-refractivity contribution >= 4 is 0 Å². The maximum absolute atomic E-state index is 5.64. The van der Waals surface area contributed by atoms with E-state index in [0.29, 0.717) is 12.6 Å². The van der Waals surface area contributed by atoms with Crippen molar-refractivity contribution in [2.24, 2.45) is 0 Å². The van der Waals surface area contributed by atoms with Crippen LogP contribution in [-0.2, 0) is 4.74 Å². The molecule has 0 saturated carbocycles. The normalized spacial score (nSPS) is 12.4. The SMILES string of the molecule is CCOc1ccccc1C(C)NCCCCOC. The van der Waals surface area contributed by atoms with E-state index in [9.17, 15) is 0 Å². The van der Waals surface area contributed by atoms with E-state index in [-0.39, 0.29) is 0 Å². The van der Waals surface area contributed by atoms with E-state index < -0.39 is 0 Å². The van der Waals surface area contributed by atoms with Crippen LogP contribution in [0, 0.1) is 0 Å². The zero-order chi connectivity index (χ0) is 13.2. The molecule has 0 spiro atoms. The fourth-order valence-electron chi connectivity index (χ4n) is 1.93. The molecule has 102 valence electrons. The lowest BCUT2D eigenvalue weighted by atomic mass is 10.1. The zero-order valence-corrected chi connectivity index (χ0v) is 11.7. The van der Waals surface area contributed by atoms with Crippen molar-refractivity contribution in [3.05, 3.63) is 29.8 Å². The van der Waals surface area contributed by atoms with E-state index in [1.54, 1.807) is 7.11 Å². The van der Waals surface area contributed by atoms with Crippen LogP contribution in [-0.4, -0.2) is 26.9 Å². The van der Waals surface area contributed by atoms with Gasteiger partial charge in [0, 0.05) is 25.3 Å². The van der Waals surface area contributed by atoms with Gasteiger partial charge < -0.3 is 14.8 Å². The van der Waals surface area contributed by atoms with Gasteiger partial charge in [-0.2, -0.15) is 0 Å². The third kappa shape index (κ3) is 5.07. The number of ether oxygens (including phenoxy) is 2. The summed E-state index contributed by atoms with van der Waals surface area (Å²) in [6, 6.07) is 8.54. The van der Waals surface area contributed by atoms with E-state index in [2.05, 4.69) is 24.4 Å². The van der Waals surface area contributed by atoms with E-state index >= 15 is 0 Å². The molecule has 3 heteroatoms. The average Bonchev–Trinajstić information content (AvgIpc) is 2.39. The van der Waals surface area contributed by atoms with Gasteiger partial charge in [-0.3, -0.25) is 0 Å². The standard InChI is InChI=1S/C15H25NO2/c1-4-18-15-10-6-5-9-14(15)13(2)16-11-7-8-12-17-3/h5-6,9-10,13,16H,4,7-8,11-12H2,1-3H3. The highest BCUT2D eigenvalue weighted by Gasteiger charge is 2.09. The van der Waals surface area contributed by atoms with Crippen LogP contribution in [0.15, 0.2) is 24.3 Å². The van der Waals surface area contributed by atoms with Gasteiger partial charge in [-0.15, -0.1) is 0 Å². The Hall–Kier alpha value is -1.06. The molecule has 1 unspecified atom stereocenters. The Bertz CT molecular complexity index is 328. The van der Waals surface area contributed by atoms with E-state index in [1.807, 2.05) is 19.1 Å². The summed E-state index contributed by atoms with van der Waals surface area (Å²) in [4.78, 5) is 0. The highest BCUT2D eigenvalue weighted by molar-refractivity contribution is 5.35. The molecule has 18 heavy (non-hydrogen) atoms. The van der Waals surface area contributed by atoms with E-state index in [1.165, 1.54) is 5.56 Å². The molecule has 1 N–H and O–H groups in total. The van der Waals surface area contributed by atoms with Crippen LogP contribution in [0.2, 0.25) is 0 Å². The molecule has 0 aliphatic carbocycles. The smallest absolute Gasteiger partial charge is 0.124 e. The Balaban J connectivity index is 2.42. The minimum absolute atomic E-state index is 0.315. The van der Waals surface area contributed by atoms with Gasteiger partial charge in [0.2, 0.25) is 0 Å². The van der Waals surface area contributed by atoms with Crippen LogP contribution in [0.1, 0.15) is 38.3 Å². The maximum Gasteiger partial charge on any atom is 0.124 e. The number of unbranched alkanes of at least 4 members (excludes halogenated alkanes) is 1. The number of nitrogens with one attached hydrogen (secondary N) is 1. The van der Waals surface area contributed by atoms with Crippen molar-refractivity contribution in [3.63, 3.8) is 0 Å². The van der Waals surface area contributed by atoms with Crippen LogP contribution in [0.3, 0.4) is 0 Å². The largest absolute Gasteiger partial charge is 0.494 e. The van der Waals surface area contributed by atoms with Crippen LogP contribution in [0.25, 0.3) is 0 Å². The number of methoxy groups -OCH3 is 1. The Morgan fingerprint density at radius 1 is 1.22 bits per heavy atom. The number of hydrogen-bond acceptors (Lipinski definition) is 3. The Kier molecular flexibility index (Phi) is 7.46. The first kappa shape index (κ1) is 15.0. The molecule has 1 aromatic rings. The van der Waals surface area contributed by atoms with Crippen molar-refractivity contribution in [1.29, 1.82) is 0 Å². The van der Waals surface area contributed by atoms with Gasteiger partial charge in [0.15, 0.2) is 0 Å². The fourth-order valence-corrected chi connectivity index (χ4v) is 1.93.